The van der Waals surface area contributed by atoms with Gasteiger partial charge in [0, 0.05) is 17.0 Å². The van der Waals surface area contributed by atoms with Gasteiger partial charge in [-0.25, -0.2) is 4.90 Å². The largest absolute Gasteiger partial charge is 0.349 e. The molecule has 0 radical (unpaired) electrons. The molecular weight excluding hydrogens is 514 g/mol. The number of amides is 2. The first kappa shape index (κ1) is 25.3. The molecule has 5 rings (SSSR count). The lowest BCUT2D eigenvalue weighted by Gasteiger charge is -2.22. The van der Waals surface area contributed by atoms with Crippen LogP contribution in [-0.2, 0) is 22.4 Å². The zero-order valence-corrected chi connectivity index (χ0v) is 21.8. The van der Waals surface area contributed by atoms with Crippen LogP contribution < -0.4 is 10.2 Å². The number of fused-ring (bicyclic) bond motifs is 1. The minimum Gasteiger partial charge on any atom is -0.349 e. The molecule has 3 aromatic rings. The molecule has 7 nitrogen and oxygen atoms in total. The van der Waals surface area contributed by atoms with Gasteiger partial charge in [-0.3, -0.25) is 9.59 Å². The number of para-hydroxylation sites is 1. The molecule has 2 amide bonds. The quantitative estimate of drug-likeness (QED) is 0.321. The molecule has 1 saturated heterocycles. The molecular formula is C29H21N5O2S2. The first-order valence-electron chi connectivity index (χ1n) is 12.0. The number of anilines is 2. The molecule has 0 spiro atoms. The Morgan fingerprint density at radius 1 is 0.974 bits per heavy atom. The standard InChI is InChI=1S/C29H21N5O2S2/c30-15-20(16-31)27(33-21-9-5-2-6-10-21)37-25-14-26(35)34(28(25)36)29-23(17-32)22-12-11-19(13-24(22)38-29)18-7-3-1-4-8-18/h1-10,19,25,33H,11-14H2. The topological polar surface area (TPSA) is 121 Å². The Hall–Kier alpha value is -4.36. The number of carbonyl (C=O) groups excluding carboxylic acids is 2. The fourth-order valence-corrected chi connectivity index (χ4v) is 7.34. The summed E-state index contributed by atoms with van der Waals surface area (Å²) in [6.07, 6.45) is 2.28. The van der Waals surface area contributed by atoms with Gasteiger partial charge in [0.2, 0.25) is 11.8 Å². The molecule has 2 heterocycles. The number of carbonyl (C=O) groups is 2. The van der Waals surface area contributed by atoms with Crippen LogP contribution in [0.5, 0.6) is 0 Å². The van der Waals surface area contributed by atoms with Gasteiger partial charge in [-0.15, -0.1) is 11.3 Å². The molecule has 1 N–H and O–H groups in total. The summed E-state index contributed by atoms with van der Waals surface area (Å²) in [5, 5.41) is 31.8. The zero-order valence-electron chi connectivity index (χ0n) is 20.2. The second-order valence-corrected chi connectivity index (χ2v) is 11.2. The van der Waals surface area contributed by atoms with Crippen molar-refractivity contribution in [3.63, 3.8) is 0 Å². The summed E-state index contributed by atoms with van der Waals surface area (Å²) >= 11 is 2.34. The molecule has 2 aromatic carbocycles. The van der Waals surface area contributed by atoms with Crippen molar-refractivity contribution in [3.05, 3.63) is 92.8 Å². The molecule has 1 aliphatic heterocycles. The monoisotopic (exact) mass is 535 g/mol. The molecule has 2 unspecified atom stereocenters. The van der Waals surface area contributed by atoms with Crippen molar-refractivity contribution in [3.8, 4) is 18.2 Å². The molecule has 1 aromatic heterocycles. The Balaban J connectivity index is 1.42. The van der Waals surface area contributed by atoms with E-state index in [1.807, 2.05) is 36.4 Å². The Labute approximate surface area is 228 Å². The van der Waals surface area contributed by atoms with Gasteiger partial charge in [-0.1, -0.05) is 60.3 Å². The van der Waals surface area contributed by atoms with Crippen LogP contribution in [0, 0.1) is 34.0 Å². The Kier molecular flexibility index (Phi) is 7.29. The molecule has 38 heavy (non-hydrogen) atoms. The van der Waals surface area contributed by atoms with E-state index in [9.17, 15) is 25.4 Å². The third-order valence-electron chi connectivity index (χ3n) is 6.68. The normalized spacial score (nSPS) is 18.2. The highest BCUT2D eigenvalue weighted by molar-refractivity contribution is 8.04. The number of thiophene rings is 1. The predicted molar refractivity (Wildman–Crippen MR) is 147 cm³/mol. The molecule has 1 aliphatic carbocycles. The summed E-state index contributed by atoms with van der Waals surface area (Å²) in [6.45, 7) is 0. The van der Waals surface area contributed by atoms with Gasteiger partial charge in [0.25, 0.3) is 0 Å². The maximum absolute atomic E-state index is 13.5. The van der Waals surface area contributed by atoms with Gasteiger partial charge in [0.15, 0.2) is 5.57 Å². The number of hydrogen-bond acceptors (Lipinski definition) is 8. The van der Waals surface area contributed by atoms with Crippen LogP contribution in [0.4, 0.5) is 10.7 Å². The second kappa shape index (κ2) is 10.9. The average molecular weight is 536 g/mol. The average Bonchev–Trinajstić information content (AvgIpc) is 3.44. The highest BCUT2D eigenvalue weighted by Gasteiger charge is 2.43. The number of thioether (sulfide) groups is 1. The van der Waals surface area contributed by atoms with Crippen molar-refractivity contribution in [2.24, 2.45) is 0 Å². The van der Waals surface area contributed by atoms with Crippen molar-refractivity contribution in [2.75, 3.05) is 10.2 Å². The van der Waals surface area contributed by atoms with Crippen LogP contribution in [0.2, 0.25) is 0 Å². The lowest BCUT2D eigenvalue weighted by atomic mass is 9.83. The van der Waals surface area contributed by atoms with E-state index >= 15 is 0 Å². The highest BCUT2D eigenvalue weighted by Crippen LogP contribution is 2.46. The van der Waals surface area contributed by atoms with E-state index in [2.05, 4.69) is 23.5 Å². The Morgan fingerprint density at radius 2 is 1.66 bits per heavy atom. The zero-order chi connectivity index (χ0) is 26.6. The molecule has 2 aliphatic rings. The number of benzene rings is 2. The second-order valence-electron chi connectivity index (χ2n) is 8.94. The number of allylic oxidation sites excluding steroid dienone is 1. The van der Waals surface area contributed by atoms with Gasteiger partial charge in [-0.2, -0.15) is 15.8 Å². The van der Waals surface area contributed by atoms with Crippen LogP contribution >= 0.6 is 23.1 Å². The van der Waals surface area contributed by atoms with Crippen molar-refractivity contribution in [2.45, 2.75) is 36.9 Å². The summed E-state index contributed by atoms with van der Waals surface area (Å²) in [5.74, 6) is -0.517. The van der Waals surface area contributed by atoms with Crippen LogP contribution in [0.1, 0.15) is 40.3 Å². The molecule has 9 heteroatoms. The van der Waals surface area contributed by atoms with Crippen molar-refractivity contribution >= 4 is 45.6 Å². The summed E-state index contributed by atoms with van der Waals surface area (Å²) in [7, 11) is 0. The summed E-state index contributed by atoms with van der Waals surface area (Å²) in [4.78, 5) is 28.8. The van der Waals surface area contributed by atoms with E-state index in [-0.39, 0.29) is 17.0 Å². The number of rotatable bonds is 6. The van der Waals surface area contributed by atoms with Crippen LogP contribution in [-0.4, -0.2) is 17.1 Å². The molecule has 186 valence electrons. The van der Waals surface area contributed by atoms with E-state index in [1.165, 1.54) is 16.9 Å². The smallest absolute Gasteiger partial charge is 0.248 e. The summed E-state index contributed by atoms with van der Waals surface area (Å²) in [6, 6.07) is 25.2. The third kappa shape index (κ3) is 4.80. The summed E-state index contributed by atoms with van der Waals surface area (Å²) in [5.41, 5.74) is 3.05. The van der Waals surface area contributed by atoms with Crippen molar-refractivity contribution < 1.29 is 9.59 Å². The van der Waals surface area contributed by atoms with E-state index < -0.39 is 17.1 Å². The fraction of sp³-hybridized carbons (Fsp3) is 0.207. The summed E-state index contributed by atoms with van der Waals surface area (Å²) < 4.78 is 0. The van der Waals surface area contributed by atoms with Gasteiger partial charge >= 0.3 is 0 Å². The first-order chi connectivity index (χ1) is 18.5. The Bertz CT molecular complexity index is 1540. The van der Waals surface area contributed by atoms with Gasteiger partial charge in [0.1, 0.15) is 28.2 Å². The maximum Gasteiger partial charge on any atom is 0.248 e. The molecule has 0 saturated carbocycles. The minimum absolute atomic E-state index is 0.0896. The van der Waals surface area contributed by atoms with Gasteiger partial charge in [0.05, 0.1) is 10.8 Å². The SMILES string of the molecule is N#CC(C#N)=C(Nc1ccccc1)SC1CC(=O)N(c2sc3c(c2C#N)CCC(c2ccccc2)C3)C1=O. The van der Waals surface area contributed by atoms with Crippen LogP contribution in [0.3, 0.4) is 0 Å². The first-order valence-corrected chi connectivity index (χ1v) is 13.7. The molecule has 0 bridgehead atoms. The number of imide groups is 1. The van der Waals surface area contributed by atoms with E-state index in [0.717, 1.165) is 39.9 Å². The lowest BCUT2D eigenvalue weighted by molar-refractivity contribution is -0.121. The minimum atomic E-state index is -0.826. The number of nitrogens with one attached hydrogen (secondary N) is 1. The van der Waals surface area contributed by atoms with Crippen LogP contribution in [0.15, 0.2) is 71.3 Å². The van der Waals surface area contributed by atoms with E-state index in [4.69, 9.17) is 0 Å². The van der Waals surface area contributed by atoms with E-state index in [0.29, 0.717) is 28.6 Å². The molecule has 2 atom stereocenters. The van der Waals surface area contributed by atoms with Crippen molar-refractivity contribution in [1.82, 2.24) is 0 Å². The van der Waals surface area contributed by atoms with Gasteiger partial charge < -0.3 is 5.32 Å². The third-order valence-corrected chi connectivity index (χ3v) is 9.11. The number of hydrogen-bond donors (Lipinski definition) is 1. The number of nitriles is 3. The Morgan fingerprint density at radius 3 is 2.32 bits per heavy atom. The molecule has 1 fully saturated rings. The predicted octanol–water partition coefficient (Wildman–Crippen LogP) is 5.63. The highest BCUT2D eigenvalue weighted by atomic mass is 32.2. The van der Waals surface area contributed by atoms with E-state index in [1.54, 1.807) is 24.3 Å². The van der Waals surface area contributed by atoms with Crippen molar-refractivity contribution in [1.29, 1.82) is 15.8 Å². The van der Waals surface area contributed by atoms with Crippen LogP contribution in [0.25, 0.3) is 0 Å². The number of nitrogens with zero attached hydrogens (tertiary/aromatic N) is 4. The fourth-order valence-electron chi connectivity index (χ4n) is 4.84. The lowest BCUT2D eigenvalue weighted by Crippen LogP contribution is -2.31. The van der Waals surface area contributed by atoms with Gasteiger partial charge in [-0.05, 0) is 48.4 Å². The maximum atomic E-state index is 13.5.